The molecule has 1 aliphatic carbocycles. The minimum atomic E-state index is -0.137. The summed E-state index contributed by atoms with van der Waals surface area (Å²) >= 11 is 0. The first-order valence-electron chi connectivity index (χ1n) is 8.41. The molecule has 126 valence electrons. The molecule has 1 heterocycles. The summed E-state index contributed by atoms with van der Waals surface area (Å²) in [6.45, 7) is 0. The van der Waals surface area contributed by atoms with E-state index in [4.69, 9.17) is 0 Å². The van der Waals surface area contributed by atoms with E-state index < -0.39 is 0 Å². The zero-order valence-corrected chi connectivity index (χ0v) is 13.7. The summed E-state index contributed by atoms with van der Waals surface area (Å²) in [6, 6.07) is 17.0. The summed E-state index contributed by atoms with van der Waals surface area (Å²) in [5.41, 5.74) is 4.67. The summed E-state index contributed by atoms with van der Waals surface area (Å²) in [6.07, 6.45) is 2.80. The molecule has 1 aromatic heterocycles. The Kier molecular flexibility index (Phi) is 3.98. The molecule has 0 unspecified atom stereocenters. The molecule has 0 spiro atoms. The topological polar surface area (TPSA) is 78.0 Å². The van der Waals surface area contributed by atoms with Gasteiger partial charge < -0.3 is 10.4 Å². The smallest absolute Gasteiger partial charge is 0.269 e. The summed E-state index contributed by atoms with van der Waals surface area (Å²) < 4.78 is 0. The molecule has 0 aliphatic heterocycles. The van der Waals surface area contributed by atoms with E-state index in [0.29, 0.717) is 11.4 Å². The molecule has 0 saturated heterocycles. The van der Waals surface area contributed by atoms with E-state index in [1.165, 1.54) is 11.1 Å². The number of benzene rings is 2. The van der Waals surface area contributed by atoms with E-state index in [-0.39, 0.29) is 17.7 Å². The molecule has 1 aliphatic rings. The highest BCUT2D eigenvalue weighted by atomic mass is 16.3. The summed E-state index contributed by atoms with van der Waals surface area (Å²) in [5.74, 6) is 0.0664. The molecule has 5 heteroatoms. The maximum atomic E-state index is 12.5. The molecule has 0 saturated carbocycles. The van der Waals surface area contributed by atoms with Gasteiger partial charge in [0.25, 0.3) is 5.91 Å². The van der Waals surface area contributed by atoms with Crippen LogP contribution in [0.1, 0.15) is 28.0 Å². The fourth-order valence-corrected chi connectivity index (χ4v) is 3.30. The minimum absolute atomic E-state index is 0.137. The number of aromatic hydroxyl groups is 1. The number of nitrogens with one attached hydrogen (secondary N) is 2. The molecular weight excluding hydrogens is 314 g/mol. The Hall–Kier alpha value is -3.08. The lowest BCUT2D eigenvalue weighted by molar-refractivity contribution is 0.0928. The van der Waals surface area contributed by atoms with Crippen LogP contribution < -0.4 is 5.32 Å². The number of carbonyl (C=O) groups is 1. The monoisotopic (exact) mass is 333 g/mol. The Morgan fingerprint density at radius 2 is 1.88 bits per heavy atom. The van der Waals surface area contributed by atoms with E-state index >= 15 is 0 Å². The fraction of sp³-hybridized carbons (Fsp3) is 0.200. The number of aryl methyl sites for hydroxylation is 1. The highest BCUT2D eigenvalue weighted by Crippen LogP contribution is 2.22. The van der Waals surface area contributed by atoms with Gasteiger partial charge in [-0.2, -0.15) is 5.10 Å². The van der Waals surface area contributed by atoms with E-state index in [1.807, 2.05) is 6.07 Å². The third-order valence-electron chi connectivity index (χ3n) is 4.67. The van der Waals surface area contributed by atoms with Crippen molar-refractivity contribution in [3.8, 4) is 17.0 Å². The molecule has 5 nitrogen and oxygen atoms in total. The predicted octanol–water partition coefficient (Wildman–Crippen LogP) is 3.07. The zero-order valence-electron chi connectivity index (χ0n) is 13.7. The number of fused-ring (bicyclic) bond motifs is 1. The van der Waals surface area contributed by atoms with Crippen molar-refractivity contribution in [2.75, 3.05) is 0 Å². The van der Waals surface area contributed by atoms with E-state index in [2.05, 4.69) is 33.7 Å². The van der Waals surface area contributed by atoms with Crippen molar-refractivity contribution in [2.24, 2.45) is 0 Å². The standard InChI is InChI=1S/C20H19N3O2/c24-17-9-6-14(7-10-17)18-12-19(23-22-18)20(25)21-16-8-5-13-3-1-2-4-15(13)11-16/h1-4,6-7,9-10,12,16,24H,5,8,11H2,(H,21,25)(H,22,23)/t16-/m1/s1. The van der Waals surface area contributed by atoms with Gasteiger partial charge in [-0.15, -0.1) is 0 Å². The Balaban J connectivity index is 1.45. The Morgan fingerprint density at radius 1 is 1.12 bits per heavy atom. The highest BCUT2D eigenvalue weighted by molar-refractivity contribution is 5.93. The zero-order chi connectivity index (χ0) is 17.2. The van der Waals surface area contributed by atoms with Gasteiger partial charge in [-0.05, 0) is 60.7 Å². The van der Waals surface area contributed by atoms with Crippen molar-refractivity contribution in [2.45, 2.75) is 25.3 Å². The number of hydrogen-bond donors (Lipinski definition) is 3. The van der Waals surface area contributed by atoms with Crippen molar-refractivity contribution in [3.63, 3.8) is 0 Å². The largest absolute Gasteiger partial charge is 0.508 e. The number of carbonyl (C=O) groups excluding carboxylic acids is 1. The molecule has 2 aromatic carbocycles. The van der Waals surface area contributed by atoms with E-state index in [9.17, 15) is 9.90 Å². The number of hydrogen-bond acceptors (Lipinski definition) is 3. The summed E-state index contributed by atoms with van der Waals surface area (Å²) in [4.78, 5) is 12.5. The van der Waals surface area contributed by atoms with Gasteiger partial charge in [0.2, 0.25) is 0 Å². The van der Waals surface area contributed by atoms with Crippen LogP contribution in [0.5, 0.6) is 5.75 Å². The Morgan fingerprint density at radius 3 is 2.68 bits per heavy atom. The van der Waals surface area contributed by atoms with Gasteiger partial charge >= 0.3 is 0 Å². The van der Waals surface area contributed by atoms with Crippen LogP contribution in [0.3, 0.4) is 0 Å². The van der Waals surface area contributed by atoms with Gasteiger partial charge in [-0.3, -0.25) is 9.89 Å². The molecule has 3 aromatic rings. The van der Waals surface area contributed by atoms with Crippen LogP contribution in [0.25, 0.3) is 11.3 Å². The van der Waals surface area contributed by atoms with Gasteiger partial charge in [0.15, 0.2) is 0 Å². The van der Waals surface area contributed by atoms with Crippen LogP contribution >= 0.6 is 0 Å². The Bertz CT molecular complexity index is 899. The van der Waals surface area contributed by atoms with Crippen LogP contribution in [0.15, 0.2) is 54.6 Å². The lowest BCUT2D eigenvalue weighted by Crippen LogP contribution is -2.39. The lowest BCUT2D eigenvalue weighted by atomic mass is 9.88. The van der Waals surface area contributed by atoms with Crippen LogP contribution in [-0.2, 0) is 12.8 Å². The third kappa shape index (κ3) is 3.26. The summed E-state index contributed by atoms with van der Waals surface area (Å²) in [7, 11) is 0. The maximum absolute atomic E-state index is 12.5. The molecule has 3 N–H and O–H groups in total. The molecule has 1 atom stereocenters. The average Bonchev–Trinajstić information content (AvgIpc) is 3.12. The van der Waals surface area contributed by atoms with Crippen molar-refractivity contribution >= 4 is 5.91 Å². The average molecular weight is 333 g/mol. The van der Waals surface area contributed by atoms with Crippen LogP contribution in [0.2, 0.25) is 0 Å². The van der Waals surface area contributed by atoms with Gasteiger partial charge in [0.1, 0.15) is 11.4 Å². The Labute approximate surface area is 145 Å². The van der Waals surface area contributed by atoms with E-state index in [0.717, 1.165) is 24.8 Å². The molecule has 25 heavy (non-hydrogen) atoms. The normalized spacial score (nSPS) is 16.2. The first-order chi connectivity index (χ1) is 12.2. The van der Waals surface area contributed by atoms with Crippen LogP contribution in [0.4, 0.5) is 0 Å². The molecular formula is C20H19N3O2. The van der Waals surface area contributed by atoms with Crippen molar-refractivity contribution < 1.29 is 9.90 Å². The molecule has 0 radical (unpaired) electrons. The van der Waals surface area contributed by atoms with Crippen molar-refractivity contribution in [1.82, 2.24) is 15.5 Å². The van der Waals surface area contributed by atoms with Crippen molar-refractivity contribution in [1.29, 1.82) is 0 Å². The van der Waals surface area contributed by atoms with Crippen LogP contribution in [-0.4, -0.2) is 27.3 Å². The predicted molar refractivity (Wildman–Crippen MR) is 95.4 cm³/mol. The number of phenolic OH excluding ortho intramolecular Hbond substituents is 1. The quantitative estimate of drug-likeness (QED) is 0.689. The second-order valence-electron chi connectivity index (χ2n) is 6.40. The molecule has 4 rings (SSSR count). The number of aromatic nitrogens is 2. The lowest BCUT2D eigenvalue weighted by Gasteiger charge is -2.25. The highest BCUT2D eigenvalue weighted by Gasteiger charge is 2.21. The fourth-order valence-electron chi connectivity index (χ4n) is 3.30. The second-order valence-corrected chi connectivity index (χ2v) is 6.40. The first kappa shape index (κ1) is 15.4. The summed E-state index contributed by atoms with van der Waals surface area (Å²) in [5, 5.41) is 19.5. The second kappa shape index (κ2) is 6.43. The molecule has 0 bridgehead atoms. The minimum Gasteiger partial charge on any atom is -0.508 e. The maximum Gasteiger partial charge on any atom is 0.269 e. The van der Waals surface area contributed by atoms with Gasteiger partial charge in [-0.1, -0.05) is 24.3 Å². The molecule has 0 fully saturated rings. The van der Waals surface area contributed by atoms with E-state index in [1.54, 1.807) is 30.3 Å². The van der Waals surface area contributed by atoms with Crippen molar-refractivity contribution in [3.05, 3.63) is 71.4 Å². The number of amides is 1. The number of rotatable bonds is 3. The van der Waals surface area contributed by atoms with Gasteiger partial charge in [0.05, 0.1) is 5.69 Å². The first-order valence-corrected chi connectivity index (χ1v) is 8.41. The molecule has 1 amide bonds. The SMILES string of the molecule is O=C(N[C@@H]1CCc2ccccc2C1)c1cc(-c2ccc(O)cc2)n[nH]1. The van der Waals surface area contributed by atoms with Gasteiger partial charge in [-0.25, -0.2) is 0 Å². The number of H-pyrrole nitrogens is 1. The number of nitrogens with zero attached hydrogens (tertiary/aromatic N) is 1. The van der Waals surface area contributed by atoms with Crippen LogP contribution in [0, 0.1) is 0 Å². The third-order valence-corrected chi connectivity index (χ3v) is 4.67. The number of aromatic amines is 1. The number of phenols is 1. The van der Waals surface area contributed by atoms with Gasteiger partial charge in [0, 0.05) is 11.6 Å².